The number of aromatic nitrogens is 2. The van der Waals surface area contributed by atoms with Crippen LogP contribution in [0.25, 0.3) is 0 Å². The van der Waals surface area contributed by atoms with Crippen LogP contribution in [-0.4, -0.2) is 22.3 Å². The second kappa shape index (κ2) is 5.73. The van der Waals surface area contributed by atoms with E-state index in [1.54, 1.807) is 0 Å². The third kappa shape index (κ3) is 3.47. The Morgan fingerprint density at radius 1 is 1.41 bits per heavy atom. The predicted molar refractivity (Wildman–Crippen MR) is 82.7 cm³/mol. The molecule has 0 spiro atoms. The number of hydrogen-bond donors (Lipinski definition) is 1. The number of nitrogens with zero attached hydrogens (tertiary/aromatic N) is 2. The Labute approximate surface area is 121 Å². The zero-order chi connectivity index (χ0) is 12.4. The SMILES string of the molecule is CNc1nc(CSC(C)C)nc(C2CC2)c1I. The molecule has 1 N–H and O–H groups in total. The van der Waals surface area contributed by atoms with Gasteiger partial charge in [-0.1, -0.05) is 13.8 Å². The van der Waals surface area contributed by atoms with Crippen molar-refractivity contribution in [3.8, 4) is 0 Å². The van der Waals surface area contributed by atoms with Crippen LogP contribution in [-0.2, 0) is 5.75 Å². The Hall–Kier alpha value is -0.0400. The lowest BCUT2D eigenvalue weighted by atomic mass is 10.2. The van der Waals surface area contributed by atoms with Crippen LogP contribution in [0.15, 0.2) is 0 Å². The fraction of sp³-hybridized carbons (Fsp3) is 0.667. The molecule has 0 aromatic carbocycles. The van der Waals surface area contributed by atoms with Gasteiger partial charge in [-0.3, -0.25) is 0 Å². The van der Waals surface area contributed by atoms with Gasteiger partial charge in [0.15, 0.2) is 0 Å². The molecule has 5 heteroatoms. The summed E-state index contributed by atoms with van der Waals surface area (Å²) < 4.78 is 1.20. The molecule has 0 amide bonds. The van der Waals surface area contributed by atoms with E-state index in [-0.39, 0.29) is 0 Å². The van der Waals surface area contributed by atoms with Crippen molar-refractivity contribution in [1.29, 1.82) is 0 Å². The molecule has 2 rings (SSSR count). The van der Waals surface area contributed by atoms with Crippen LogP contribution in [0.1, 0.15) is 44.1 Å². The lowest BCUT2D eigenvalue weighted by molar-refractivity contribution is 0.918. The van der Waals surface area contributed by atoms with Crippen LogP contribution in [0.2, 0.25) is 0 Å². The number of nitrogens with one attached hydrogen (secondary N) is 1. The van der Waals surface area contributed by atoms with Crippen LogP contribution in [0, 0.1) is 3.57 Å². The van der Waals surface area contributed by atoms with Crippen LogP contribution in [0.5, 0.6) is 0 Å². The van der Waals surface area contributed by atoms with Crippen LogP contribution in [0.4, 0.5) is 5.82 Å². The summed E-state index contributed by atoms with van der Waals surface area (Å²) in [7, 11) is 1.93. The van der Waals surface area contributed by atoms with Gasteiger partial charge in [-0.2, -0.15) is 11.8 Å². The zero-order valence-corrected chi connectivity index (χ0v) is 13.4. The molecule has 1 aromatic heterocycles. The molecule has 0 atom stereocenters. The maximum absolute atomic E-state index is 4.74. The van der Waals surface area contributed by atoms with E-state index < -0.39 is 0 Å². The molecule has 1 aliphatic rings. The molecule has 1 aromatic rings. The van der Waals surface area contributed by atoms with Gasteiger partial charge in [0.2, 0.25) is 0 Å². The molecule has 1 fully saturated rings. The summed E-state index contributed by atoms with van der Waals surface area (Å²) >= 11 is 4.26. The van der Waals surface area contributed by atoms with Gasteiger partial charge in [0.1, 0.15) is 11.6 Å². The molecule has 1 aliphatic carbocycles. The minimum absolute atomic E-state index is 0.625. The maximum Gasteiger partial charge on any atom is 0.143 e. The first-order valence-corrected chi connectivity index (χ1v) is 8.10. The zero-order valence-electron chi connectivity index (χ0n) is 10.5. The standard InChI is InChI=1S/C12H18IN3S/c1-7(2)17-6-9-15-11(8-4-5-8)10(13)12(14-3)16-9/h7-8H,4-6H2,1-3H3,(H,14,15,16). The number of anilines is 1. The fourth-order valence-corrected chi connectivity index (χ4v) is 3.17. The number of hydrogen-bond acceptors (Lipinski definition) is 4. The van der Waals surface area contributed by atoms with Crippen molar-refractivity contribution in [2.45, 2.75) is 43.6 Å². The summed E-state index contributed by atoms with van der Waals surface area (Å²) in [5, 5.41) is 3.80. The van der Waals surface area contributed by atoms with Crippen molar-refractivity contribution >= 4 is 40.2 Å². The quantitative estimate of drug-likeness (QED) is 0.811. The molecular formula is C12H18IN3S. The summed E-state index contributed by atoms with van der Waals surface area (Å²) in [5.41, 5.74) is 1.25. The highest BCUT2D eigenvalue weighted by Gasteiger charge is 2.29. The Balaban J connectivity index is 2.23. The van der Waals surface area contributed by atoms with E-state index in [2.05, 4.69) is 46.7 Å². The average Bonchev–Trinajstić information content (AvgIpc) is 3.11. The van der Waals surface area contributed by atoms with Crippen LogP contribution >= 0.6 is 34.4 Å². The lowest BCUT2D eigenvalue weighted by Gasteiger charge is -2.11. The lowest BCUT2D eigenvalue weighted by Crippen LogP contribution is -2.07. The predicted octanol–water partition coefficient (Wildman–Crippen LogP) is 3.64. The fourth-order valence-electron chi connectivity index (χ4n) is 1.61. The third-order valence-electron chi connectivity index (χ3n) is 2.67. The number of rotatable bonds is 5. The largest absolute Gasteiger partial charge is 0.372 e. The monoisotopic (exact) mass is 363 g/mol. The van der Waals surface area contributed by atoms with E-state index in [4.69, 9.17) is 4.98 Å². The van der Waals surface area contributed by atoms with E-state index in [0.717, 1.165) is 17.4 Å². The van der Waals surface area contributed by atoms with E-state index in [1.807, 2.05) is 18.8 Å². The van der Waals surface area contributed by atoms with Gasteiger partial charge in [-0.25, -0.2) is 9.97 Å². The first-order valence-electron chi connectivity index (χ1n) is 5.97. The molecule has 0 bridgehead atoms. The normalized spacial score (nSPS) is 15.4. The van der Waals surface area contributed by atoms with E-state index in [9.17, 15) is 0 Å². The highest BCUT2D eigenvalue weighted by Crippen LogP contribution is 2.42. The summed E-state index contributed by atoms with van der Waals surface area (Å²) in [5.74, 6) is 3.54. The third-order valence-corrected chi connectivity index (χ3v) is 4.82. The van der Waals surface area contributed by atoms with Crippen molar-refractivity contribution in [3.05, 3.63) is 15.1 Å². The molecule has 1 saturated carbocycles. The topological polar surface area (TPSA) is 37.8 Å². The molecule has 1 heterocycles. The minimum Gasteiger partial charge on any atom is -0.372 e. The van der Waals surface area contributed by atoms with Crippen molar-refractivity contribution in [2.24, 2.45) is 0 Å². The van der Waals surface area contributed by atoms with Crippen LogP contribution < -0.4 is 5.32 Å². The molecular weight excluding hydrogens is 345 g/mol. The summed E-state index contributed by atoms with van der Waals surface area (Å²) in [6.07, 6.45) is 2.57. The van der Waals surface area contributed by atoms with Gasteiger partial charge < -0.3 is 5.32 Å². The van der Waals surface area contributed by atoms with E-state index in [1.165, 1.54) is 22.1 Å². The van der Waals surface area contributed by atoms with Crippen molar-refractivity contribution in [2.75, 3.05) is 12.4 Å². The average molecular weight is 363 g/mol. The van der Waals surface area contributed by atoms with Crippen molar-refractivity contribution < 1.29 is 0 Å². The van der Waals surface area contributed by atoms with Crippen LogP contribution in [0.3, 0.4) is 0 Å². The van der Waals surface area contributed by atoms with Gasteiger partial charge in [-0.15, -0.1) is 0 Å². The second-order valence-electron chi connectivity index (χ2n) is 4.57. The Kier molecular flexibility index (Phi) is 4.52. The van der Waals surface area contributed by atoms with Gasteiger partial charge >= 0.3 is 0 Å². The number of thioether (sulfide) groups is 1. The minimum atomic E-state index is 0.625. The molecule has 17 heavy (non-hydrogen) atoms. The Morgan fingerprint density at radius 3 is 2.65 bits per heavy atom. The van der Waals surface area contributed by atoms with Gasteiger partial charge in [-0.05, 0) is 40.7 Å². The van der Waals surface area contributed by atoms with Crippen molar-refractivity contribution in [1.82, 2.24) is 9.97 Å². The van der Waals surface area contributed by atoms with E-state index >= 15 is 0 Å². The number of halogens is 1. The molecule has 3 nitrogen and oxygen atoms in total. The first kappa shape index (κ1) is 13.4. The highest BCUT2D eigenvalue weighted by molar-refractivity contribution is 14.1. The van der Waals surface area contributed by atoms with Gasteiger partial charge in [0.25, 0.3) is 0 Å². The highest BCUT2D eigenvalue weighted by atomic mass is 127. The summed E-state index contributed by atoms with van der Waals surface area (Å²) in [6.45, 7) is 4.41. The molecule has 0 saturated heterocycles. The maximum atomic E-state index is 4.74. The molecule has 94 valence electrons. The van der Waals surface area contributed by atoms with Crippen molar-refractivity contribution in [3.63, 3.8) is 0 Å². The van der Waals surface area contributed by atoms with E-state index in [0.29, 0.717) is 11.2 Å². The first-order chi connectivity index (χ1) is 8.11. The molecule has 0 aliphatic heterocycles. The van der Waals surface area contributed by atoms with Gasteiger partial charge in [0, 0.05) is 13.0 Å². The summed E-state index contributed by atoms with van der Waals surface area (Å²) in [6, 6.07) is 0. The summed E-state index contributed by atoms with van der Waals surface area (Å²) in [4.78, 5) is 9.32. The molecule has 0 radical (unpaired) electrons. The Morgan fingerprint density at radius 2 is 2.12 bits per heavy atom. The second-order valence-corrected chi connectivity index (χ2v) is 7.22. The van der Waals surface area contributed by atoms with Gasteiger partial charge in [0.05, 0.1) is 15.0 Å². The molecule has 0 unspecified atom stereocenters. The Bertz CT molecular complexity index is 405. The smallest absolute Gasteiger partial charge is 0.143 e.